The number of aryl methyl sites for hydroxylation is 1. The molecule has 1 aromatic rings. The average Bonchev–Trinajstić information content (AvgIpc) is 2.58. The fraction of sp³-hybridized carbons (Fsp3) is 0.778. The Kier molecular flexibility index (Phi) is 4.55. The number of rotatable bonds is 6. The second-order valence-electron chi connectivity index (χ2n) is 3.37. The number of hydrogen-bond donors (Lipinski definition) is 1. The summed E-state index contributed by atoms with van der Waals surface area (Å²) in [6.45, 7) is 6.08. The summed E-state index contributed by atoms with van der Waals surface area (Å²) >= 11 is 0. The molecule has 0 amide bonds. The molecule has 0 radical (unpaired) electrons. The molecule has 0 aliphatic rings. The first-order valence-electron chi connectivity index (χ1n) is 4.96. The monoisotopic (exact) mass is 197 g/mol. The van der Waals surface area contributed by atoms with E-state index in [2.05, 4.69) is 34.3 Å². The highest BCUT2D eigenvalue weighted by molar-refractivity contribution is 4.81. The van der Waals surface area contributed by atoms with Gasteiger partial charge in [-0.05, 0) is 13.6 Å². The van der Waals surface area contributed by atoms with Gasteiger partial charge in [0, 0.05) is 20.1 Å². The Balaban J connectivity index is 2.13. The van der Waals surface area contributed by atoms with E-state index in [1.54, 1.807) is 11.0 Å². The lowest BCUT2D eigenvalue weighted by molar-refractivity contribution is 0.347. The van der Waals surface area contributed by atoms with Crippen molar-refractivity contribution in [2.45, 2.75) is 13.5 Å². The summed E-state index contributed by atoms with van der Waals surface area (Å²) < 4.78 is 1.79. The maximum Gasteiger partial charge on any atom is 0.140 e. The van der Waals surface area contributed by atoms with Crippen molar-refractivity contribution in [2.24, 2.45) is 7.05 Å². The summed E-state index contributed by atoms with van der Waals surface area (Å²) in [6.07, 6.45) is 1.58. The maximum absolute atomic E-state index is 4.13. The smallest absolute Gasteiger partial charge is 0.140 e. The first-order chi connectivity index (χ1) is 6.74. The van der Waals surface area contributed by atoms with Gasteiger partial charge in [0.1, 0.15) is 12.2 Å². The third-order valence-corrected chi connectivity index (χ3v) is 2.30. The average molecular weight is 197 g/mol. The van der Waals surface area contributed by atoms with Gasteiger partial charge in [0.05, 0.1) is 6.54 Å². The lowest BCUT2D eigenvalue weighted by Crippen LogP contribution is -2.29. The molecule has 0 aliphatic heterocycles. The zero-order chi connectivity index (χ0) is 10.4. The Morgan fingerprint density at radius 1 is 1.57 bits per heavy atom. The molecule has 1 rings (SSSR count). The second kappa shape index (κ2) is 5.72. The standard InChI is InChI=1S/C9H19N5/c1-4-13(2)6-5-10-7-9-11-8-12-14(9)3/h8,10H,4-7H2,1-3H3. The van der Waals surface area contributed by atoms with E-state index in [0.29, 0.717) is 0 Å². The molecule has 0 bridgehead atoms. The predicted molar refractivity (Wildman–Crippen MR) is 55.9 cm³/mol. The van der Waals surface area contributed by atoms with Crippen molar-refractivity contribution >= 4 is 0 Å². The number of hydrogen-bond acceptors (Lipinski definition) is 4. The van der Waals surface area contributed by atoms with Gasteiger partial charge in [0.15, 0.2) is 0 Å². The van der Waals surface area contributed by atoms with E-state index in [1.165, 1.54) is 0 Å². The normalized spacial score (nSPS) is 11.1. The first kappa shape index (κ1) is 11.1. The van der Waals surface area contributed by atoms with Crippen molar-refractivity contribution < 1.29 is 0 Å². The van der Waals surface area contributed by atoms with Gasteiger partial charge in [-0.25, -0.2) is 4.98 Å². The van der Waals surface area contributed by atoms with E-state index in [0.717, 1.165) is 32.0 Å². The van der Waals surface area contributed by atoms with Crippen LogP contribution in [0.2, 0.25) is 0 Å². The van der Waals surface area contributed by atoms with Crippen LogP contribution in [0.4, 0.5) is 0 Å². The molecule has 80 valence electrons. The summed E-state index contributed by atoms with van der Waals surface area (Å²) in [6, 6.07) is 0. The van der Waals surface area contributed by atoms with Crippen LogP contribution in [0.3, 0.4) is 0 Å². The molecular formula is C9H19N5. The van der Waals surface area contributed by atoms with Crippen LogP contribution >= 0.6 is 0 Å². The van der Waals surface area contributed by atoms with E-state index in [4.69, 9.17) is 0 Å². The lowest BCUT2D eigenvalue weighted by Gasteiger charge is -2.13. The molecule has 0 atom stereocenters. The van der Waals surface area contributed by atoms with Crippen LogP contribution in [0.5, 0.6) is 0 Å². The second-order valence-corrected chi connectivity index (χ2v) is 3.37. The van der Waals surface area contributed by atoms with E-state index in [1.807, 2.05) is 7.05 Å². The van der Waals surface area contributed by atoms with Gasteiger partial charge in [-0.1, -0.05) is 6.92 Å². The van der Waals surface area contributed by atoms with Crippen molar-refractivity contribution in [3.63, 3.8) is 0 Å². The molecule has 0 saturated carbocycles. The Bertz CT molecular complexity index is 257. The van der Waals surface area contributed by atoms with Gasteiger partial charge < -0.3 is 10.2 Å². The van der Waals surface area contributed by atoms with Crippen LogP contribution in [0.15, 0.2) is 6.33 Å². The van der Waals surface area contributed by atoms with E-state index >= 15 is 0 Å². The Morgan fingerprint density at radius 3 is 2.93 bits per heavy atom. The minimum atomic E-state index is 0.786. The van der Waals surface area contributed by atoms with Crippen molar-refractivity contribution in [3.8, 4) is 0 Å². The van der Waals surface area contributed by atoms with Gasteiger partial charge >= 0.3 is 0 Å². The number of nitrogens with zero attached hydrogens (tertiary/aromatic N) is 4. The van der Waals surface area contributed by atoms with Crippen molar-refractivity contribution in [3.05, 3.63) is 12.2 Å². The molecule has 1 N–H and O–H groups in total. The van der Waals surface area contributed by atoms with Crippen LogP contribution in [0, 0.1) is 0 Å². The molecule has 1 heterocycles. The third-order valence-electron chi connectivity index (χ3n) is 2.30. The molecule has 0 aliphatic carbocycles. The van der Waals surface area contributed by atoms with Crippen molar-refractivity contribution in [1.82, 2.24) is 25.0 Å². The summed E-state index contributed by atoms with van der Waals surface area (Å²) in [5, 5.41) is 7.33. The van der Waals surface area contributed by atoms with Crippen LogP contribution in [0.25, 0.3) is 0 Å². The summed E-state index contributed by atoms with van der Waals surface area (Å²) in [7, 11) is 4.02. The van der Waals surface area contributed by atoms with Crippen molar-refractivity contribution in [1.29, 1.82) is 0 Å². The van der Waals surface area contributed by atoms with Crippen molar-refractivity contribution in [2.75, 3.05) is 26.7 Å². The molecule has 1 aromatic heterocycles. The fourth-order valence-corrected chi connectivity index (χ4v) is 1.11. The van der Waals surface area contributed by atoms with Gasteiger partial charge in [0.25, 0.3) is 0 Å². The van der Waals surface area contributed by atoms with Crippen LogP contribution in [-0.4, -0.2) is 46.3 Å². The Labute approximate surface area is 85.1 Å². The van der Waals surface area contributed by atoms with Gasteiger partial charge in [-0.3, -0.25) is 4.68 Å². The number of aromatic nitrogens is 3. The summed E-state index contributed by atoms with van der Waals surface area (Å²) in [4.78, 5) is 6.40. The largest absolute Gasteiger partial charge is 0.309 e. The van der Waals surface area contributed by atoms with E-state index in [9.17, 15) is 0 Å². The first-order valence-corrected chi connectivity index (χ1v) is 4.96. The molecule has 5 nitrogen and oxygen atoms in total. The van der Waals surface area contributed by atoms with E-state index < -0.39 is 0 Å². The highest BCUT2D eigenvalue weighted by Gasteiger charge is 1.99. The molecule has 0 aromatic carbocycles. The highest BCUT2D eigenvalue weighted by atomic mass is 15.3. The third kappa shape index (κ3) is 3.43. The van der Waals surface area contributed by atoms with E-state index in [-0.39, 0.29) is 0 Å². The Morgan fingerprint density at radius 2 is 2.36 bits per heavy atom. The molecule has 5 heteroatoms. The minimum Gasteiger partial charge on any atom is -0.309 e. The minimum absolute atomic E-state index is 0.786. The molecule has 0 spiro atoms. The molecule has 14 heavy (non-hydrogen) atoms. The lowest BCUT2D eigenvalue weighted by atomic mass is 10.5. The SMILES string of the molecule is CCN(C)CCNCc1ncnn1C. The number of nitrogens with one attached hydrogen (secondary N) is 1. The molecule has 0 unspecified atom stereocenters. The zero-order valence-electron chi connectivity index (χ0n) is 9.19. The zero-order valence-corrected chi connectivity index (χ0v) is 9.19. The van der Waals surface area contributed by atoms with Crippen LogP contribution in [-0.2, 0) is 13.6 Å². The Hall–Kier alpha value is -0.940. The highest BCUT2D eigenvalue weighted by Crippen LogP contribution is 1.88. The molecular weight excluding hydrogens is 178 g/mol. The molecule has 0 saturated heterocycles. The predicted octanol–water partition coefficient (Wildman–Crippen LogP) is -0.144. The summed E-state index contributed by atoms with van der Waals surface area (Å²) in [5.74, 6) is 0.976. The topological polar surface area (TPSA) is 46.0 Å². The van der Waals surface area contributed by atoms with Gasteiger partial charge in [0.2, 0.25) is 0 Å². The number of likely N-dealkylation sites (N-methyl/N-ethyl adjacent to an activating group) is 1. The van der Waals surface area contributed by atoms with Gasteiger partial charge in [-0.2, -0.15) is 5.10 Å². The molecule has 0 fully saturated rings. The summed E-state index contributed by atoms with van der Waals surface area (Å²) in [5.41, 5.74) is 0. The van der Waals surface area contributed by atoms with Crippen LogP contribution < -0.4 is 5.32 Å². The quantitative estimate of drug-likeness (QED) is 0.645. The fourth-order valence-electron chi connectivity index (χ4n) is 1.11. The maximum atomic E-state index is 4.13. The van der Waals surface area contributed by atoms with Gasteiger partial charge in [-0.15, -0.1) is 0 Å². The van der Waals surface area contributed by atoms with Crippen LogP contribution in [0.1, 0.15) is 12.7 Å².